The molecular formula is C11H21NO2. The minimum absolute atomic E-state index is 0.109. The molecule has 0 bridgehead atoms. The van der Waals surface area contributed by atoms with Gasteiger partial charge in [-0.1, -0.05) is 13.8 Å². The third-order valence-corrected chi connectivity index (χ3v) is 2.64. The lowest BCUT2D eigenvalue weighted by molar-refractivity contribution is -0.126. The molecule has 1 rings (SSSR count). The smallest absolute Gasteiger partial charge is 0.222 e. The lowest BCUT2D eigenvalue weighted by atomic mass is 9.85. The Bertz CT molecular complexity index is 191. The average Bonchev–Trinajstić information content (AvgIpc) is 2.09. The Morgan fingerprint density at radius 3 is 2.79 bits per heavy atom. The van der Waals surface area contributed by atoms with Gasteiger partial charge >= 0.3 is 0 Å². The highest BCUT2D eigenvalue weighted by Crippen LogP contribution is 2.30. The first-order valence-electron chi connectivity index (χ1n) is 5.42. The first kappa shape index (κ1) is 11.5. The molecule has 0 aromatic rings. The minimum Gasteiger partial charge on any atom is -0.377 e. The van der Waals surface area contributed by atoms with Gasteiger partial charge in [-0.05, 0) is 25.2 Å². The van der Waals surface area contributed by atoms with Crippen LogP contribution in [0.15, 0.2) is 0 Å². The molecule has 1 aliphatic rings. The van der Waals surface area contributed by atoms with Crippen molar-refractivity contribution in [1.29, 1.82) is 0 Å². The van der Waals surface area contributed by atoms with Crippen molar-refractivity contribution >= 4 is 5.91 Å². The summed E-state index contributed by atoms with van der Waals surface area (Å²) in [7, 11) is 0. The van der Waals surface area contributed by atoms with Crippen molar-refractivity contribution in [2.24, 2.45) is 5.41 Å². The second-order valence-corrected chi connectivity index (χ2v) is 4.79. The summed E-state index contributed by atoms with van der Waals surface area (Å²) in [6.07, 6.45) is 2.81. The Morgan fingerprint density at radius 2 is 2.29 bits per heavy atom. The summed E-state index contributed by atoms with van der Waals surface area (Å²) in [6, 6.07) is 0. The first-order chi connectivity index (χ1) is 6.53. The van der Waals surface area contributed by atoms with Gasteiger partial charge < -0.3 is 10.1 Å². The SMILES string of the molecule is CCNC(=O)CC1CCC(C)(C)CO1. The Morgan fingerprint density at radius 1 is 1.57 bits per heavy atom. The van der Waals surface area contributed by atoms with Gasteiger partial charge in [0.25, 0.3) is 0 Å². The first-order valence-corrected chi connectivity index (χ1v) is 5.42. The summed E-state index contributed by atoms with van der Waals surface area (Å²) < 4.78 is 5.65. The third-order valence-electron chi connectivity index (χ3n) is 2.64. The van der Waals surface area contributed by atoms with Crippen molar-refractivity contribution in [2.45, 2.75) is 46.1 Å². The summed E-state index contributed by atoms with van der Waals surface area (Å²) in [5.41, 5.74) is 0.289. The van der Waals surface area contributed by atoms with E-state index < -0.39 is 0 Å². The fourth-order valence-electron chi connectivity index (χ4n) is 1.69. The van der Waals surface area contributed by atoms with Crippen molar-refractivity contribution in [1.82, 2.24) is 5.32 Å². The Hall–Kier alpha value is -0.570. The van der Waals surface area contributed by atoms with E-state index in [4.69, 9.17) is 4.74 Å². The molecule has 0 spiro atoms. The van der Waals surface area contributed by atoms with Gasteiger partial charge in [-0.25, -0.2) is 0 Å². The molecule has 1 heterocycles. The van der Waals surface area contributed by atoms with Crippen LogP contribution in [0.4, 0.5) is 0 Å². The van der Waals surface area contributed by atoms with Crippen molar-refractivity contribution < 1.29 is 9.53 Å². The van der Waals surface area contributed by atoms with Gasteiger partial charge in [0.05, 0.1) is 19.1 Å². The standard InChI is InChI=1S/C11H21NO2/c1-4-12-10(13)7-9-5-6-11(2,3)8-14-9/h9H,4-8H2,1-3H3,(H,12,13). The molecule has 1 saturated heterocycles. The molecule has 0 radical (unpaired) electrons. The predicted octanol–water partition coefficient (Wildman–Crippen LogP) is 1.72. The van der Waals surface area contributed by atoms with Gasteiger partial charge in [-0.3, -0.25) is 4.79 Å². The molecule has 3 nitrogen and oxygen atoms in total. The van der Waals surface area contributed by atoms with Crippen LogP contribution in [0, 0.1) is 5.41 Å². The maximum absolute atomic E-state index is 11.3. The molecule has 0 saturated carbocycles. The second kappa shape index (κ2) is 4.78. The molecule has 0 aliphatic carbocycles. The summed E-state index contributed by atoms with van der Waals surface area (Å²) in [5.74, 6) is 0.109. The van der Waals surface area contributed by atoms with E-state index in [9.17, 15) is 4.79 Å². The topological polar surface area (TPSA) is 38.3 Å². The van der Waals surface area contributed by atoms with Gasteiger partial charge in [0.2, 0.25) is 5.91 Å². The molecule has 1 fully saturated rings. The second-order valence-electron chi connectivity index (χ2n) is 4.79. The summed E-state index contributed by atoms with van der Waals surface area (Å²) in [5, 5.41) is 2.79. The molecular weight excluding hydrogens is 178 g/mol. The van der Waals surface area contributed by atoms with Crippen molar-refractivity contribution in [2.75, 3.05) is 13.2 Å². The number of hydrogen-bond donors (Lipinski definition) is 1. The zero-order chi connectivity index (χ0) is 10.6. The number of ether oxygens (including phenoxy) is 1. The van der Waals surface area contributed by atoms with Crippen LogP contribution in [0.1, 0.15) is 40.0 Å². The van der Waals surface area contributed by atoms with Gasteiger partial charge in [0.1, 0.15) is 0 Å². The number of carbonyl (C=O) groups excluding carboxylic acids is 1. The van der Waals surface area contributed by atoms with Gasteiger partial charge in [0.15, 0.2) is 0 Å². The zero-order valence-electron chi connectivity index (χ0n) is 9.43. The van der Waals surface area contributed by atoms with E-state index in [1.165, 1.54) is 0 Å². The largest absolute Gasteiger partial charge is 0.377 e. The average molecular weight is 199 g/mol. The van der Waals surface area contributed by atoms with Crippen LogP contribution in [0.25, 0.3) is 0 Å². The Kier molecular flexibility index (Phi) is 3.93. The zero-order valence-corrected chi connectivity index (χ0v) is 9.43. The van der Waals surface area contributed by atoms with E-state index in [0.29, 0.717) is 13.0 Å². The molecule has 1 atom stereocenters. The molecule has 14 heavy (non-hydrogen) atoms. The van der Waals surface area contributed by atoms with E-state index in [2.05, 4.69) is 19.2 Å². The summed E-state index contributed by atoms with van der Waals surface area (Å²) in [6.45, 7) is 7.82. The minimum atomic E-state index is 0.109. The van der Waals surface area contributed by atoms with Crippen molar-refractivity contribution in [3.05, 3.63) is 0 Å². The van der Waals surface area contributed by atoms with Crippen LogP contribution in [-0.2, 0) is 9.53 Å². The van der Waals surface area contributed by atoms with E-state index in [1.54, 1.807) is 0 Å². The Balaban J connectivity index is 2.25. The van der Waals surface area contributed by atoms with E-state index >= 15 is 0 Å². The van der Waals surface area contributed by atoms with Crippen LogP contribution in [-0.4, -0.2) is 25.2 Å². The van der Waals surface area contributed by atoms with E-state index in [1.807, 2.05) is 6.92 Å². The number of carbonyl (C=O) groups is 1. The van der Waals surface area contributed by atoms with Crippen LogP contribution >= 0.6 is 0 Å². The molecule has 82 valence electrons. The van der Waals surface area contributed by atoms with Gasteiger partial charge in [0, 0.05) is 6.54 Å². The fraction of sp³-hybridized carbons (Fsp3) is 0.909. The monoisotopic (exact) mass is 199 g/mol. The molecule has 1 aliphatic heterocycles. The van der Waals surface area contributed by atoms with E-state index in [0.717, 1.165) is 19.4 Å². The number of hydrogen-bond acceptors (Lipinski definition) is 2. The molecule has 0 aromatic heterocycles. The molecule has 1 unspecified atom stereocenters. The summed E-state index contributed by atoms with van der Waals surface area (Å²) >= 11 is 0. The van der Waals surface area contributed by atoms with Crippen LogP contribution in [0.2, 0.25) is 0 Å². The quantitative estimate of drug-likeness (QED) is 0.751. The number of amides is 1. The normalized spacial score (nSPS) is 25.8. The van der Waals surface area contributed by atoms with Gasteiger partial charge in [-0.15, -0.1) is 0 Å². The van der Waals surface area contributed by atoms with Crippen LogP contribution in [0.3, 0.4) is 0 Å². The lowest BCUT2D eigenvalue weighted by Crippen LogP contribution is -2.35. The highest BCUT2D eigenvalue weighted by molar-refractivity contribution is 5.76. The molecule has 1 N–H and O–H groups in total. The highest BCUT2D eigenvalue weighted by Gasteiger charge is 2.28. The third kappa shape index (κ3) is 3.66. The molecule has 0 aromatic carbocycles. The van der Waals surface area contributed by atoms with Crippen LogP contribution in [0.5, 0.6) is 0 Å². The fourth-order valence-corrected chi connectivity index (χ4v) is 1.69. The van der Waals surface area contributed by atoms with Gasteiger partial charge in [-0.2, -0.15) is 0 Å². The number of nitrogens with one attached hydrogen (secondary N) is 1. The molecule has 1 amide bonds. The lowest BCUT2D eigenvalue weighted by Gasteiger charge is -2.34. The predicted molar refractivity (Wildman–Crippen MR) is 56.1 cm³/mol. The highest BCUT2D eigenvalue weighted by atomic mass is 16.5. The maximum Gasteiger partial charge on any atom is 0.222 e. The number of rotatable bonds is 3. The van der Waals surface area contributed by atoms with Crippen molar-refractivity contribution in [3.8, 4) is 0 Å². The van der Waals surface area contributed by atoms with Crippen molar-refractivity contribution in [3.63, 3.8) is 0 Å². The molecule has 3 heteroatoms. The van der Waals surface area contributed by atoms with Crippen LogP contribution < -0.4 is 5.32 Å². The maximum atomic E-state index is 11.3. The summed E-state index contributed by atoms with van der Waals surface area (Å²) in [4.78, 5) is 11.3. The van der Waals surface area contributed by atoms with E-state index in [-0.39, 0.29) is 17.4 Å². The Labute approximate surface area is 86.2 Å².